The molecule has 2 nitrogen and oxygen atoms in total. The summed E-state index contributed by atoms with van der Waals surface area (Å²) in [6.45, 7) is 2.04. The Hall–Kier alpha value is -1.43. The van der Waals surface area contributed by atoms with Gasteiger partial charge in [-0.2, -0.15) is 0 Å². The largest absolute Gasteiger partial charge is 0.270 e. The lowest BCUT2D eigenvalue weighted by Crippen LogP contribution is -2.27. The molecule has 0 N–H and O–H groups in total. The van der Waals surface area contributed by atoms with Gasteiger partial charge in [0, 0.05) is 4.47 Å². The Labute approximate surface area is 147 Å². The molecule has 1 amide bonds. The first kappa shape index (κ1) is 15.5. The van der Waals surface area contributed by atoms with Crippen molar-refractivity contribution in [3.8, 4) is 0 Å². The van der Waals surface area contributed by atoms with Gasteiger partial charge in [-0.3, -0.25) is 9.69 Å². The van der Waals surface area contributed by atoms with Gasteiger partial charge in [0.15, 0.2) is 4.32 Å². The van der Waals surface area contributed by atoms with Crippen LogP contribution in [-0.4, -0.2) is 10.2 Å². The second-order valence-corrected chi connectivity index (χ2v) is 7.50. The number of halogens is 1. The molecule has 0 saturated carbocycles. The number of hydrogen-bond donors (Lipinski definition) is 0. The van der Waals surface area contributed by atoms with E-state index in [0.29, 0.717) is 9.23 Å². The molecule has 0 radical (unpaired) electrons. The zero-order chi connectivity index (χ0) is 15.7. The maximum absolute atomic E-state index is 12.6. The number of rotatable bonds is 2. The summed E-state index contributed by atoms with van der Waals surface area (Å²) in [6.07, 6.45) is 1.89. The molecule has 0 aromatic heterocycles. The van der Waals surface area contributed by atoms with Gasteiger partial charge in [-0.25, -0.2) is 0 Å². The average molecular weight is 390 g/mol. The number of amides is 1. The molecule has 0 spiro atoms. The first-order valence-corrected chi connectivity index (χ1v) is 8.66. The summed E-state index contributed by atoms with van der Waals surface area (Å²) in [4.78, 5) is 14.8. The SMILES string of the molecule is Cc1ccc(C=C2SC(=S)N(c3ccc(Br)cc3)C2=O)cc1. The number of anilines is 1. The van der Waals surface area contributed by atoms with Crippen LogP contribution in [0.15, 0.2) is 57.9 Å². The number of hydrogen-bond acceptors (Lipinski definition) is 3. The highest BCUT2D eigenvalue weighted by Gasteiger charge is 2.33. The van der Waals surface area contributed by atoms with Crippen molar-refractivity contribution in [3.05, 3.63) is 69.0 Å². The summed E-state index contributed by atoms with van der Waals surface area (Å²) in [5, 5.41) is 0. The van der Waals surface area contributed by atoms with Crippen LogP contribution in [0.2, 0.25) is 0 Å². The van der Waals surface area contributed by atoms with Crippen LogP contribution < -0.4 is 4.90 Å². The lowest BCUT2D eigenvalue weighted by Gasteiger charge is -2.14. The third-order valence-electron chi connectivity index (χ3n) is 3.25. The van der Waals surface area contributed by atoms with Crippen molar-refractivity contribution in [2.24, 2.45) is 0 Å². The summed E-state index contributed by atoms with van der Waals surface area (Å²) in [5.74, 6) is -0.0714. The fourth-order valence-corrected chi connectivity index (χ4v) is 3.66. The molecule has 1 heterocycles. The summed E-state index contributed by atoms with van der Waals surface area (Å²) < 4.78 is 1.53. The van der Waals surface area contributed by atoms with Crippen molar-refractivity contribution in [3.63, 3.8) is 0 Å². The fourth-order valence-electron chi connectivity index (χ4n) is 2.09. The highest BCUT2D eigenvalue weighted by molar-refractivity contribution is 9.10. The van der Waals surface area contributed by atoms with Crippen molar-refractivity contribution in [2.75, 3.05) is 4.90 Å². The van der Waals surface area contributed by atoms with E-state index < -0.39 is 0 Å². The van der Waals surface area contributed by atoms with Gasteiger partial charge in [-0.15, -0.1) is 0 Å². The van der Waals surface area contributed by atoms with Gasteiger partial charge in [0.25, 0.3) is 5.91 Å². The van der Waals surface area contributed by atoms with E-state index in [1.807, 2.05) is 61.5 Å². The van der Waals surface area contributed by atoms with E-state index in [9.17, 15) is 4.79 Å². The molecule has 0 unspecified atom stereocenters. The van der Waals surface area contributed by atoms with Crippen molar-refractivity contribution in [1.82, 2.24) is 0 Å². The van der Waals surface area contributed by atoms with E-state index in [-0.39, 0.29) is 5.91 Å². The predicted molar refractivity (Wildman–Crippen MR) is 101 cm³/mol. The average Bonchev–Trinajstić information content (AvgIpc) is 2.77. The second kappa shape index (κ2) is 6.36. The monoisotopic (exact) mass is 389 g/mol. The number of carbonyl (C=O) groups excluding carboxylic acids is 1. The van der Waals surface area contributed by atoms with Crippen molar-refractivity contribution < 1.29 is 4.79 Å². The maximum Gasteiger partial charge on any atom is 0.270 e. The molecular formula is C17H12BrNOS2. The molecule has 22 heavy (non-hydrogen) atoms. The summed E-state index contributed by atoms with van der Waals surface area (Å²) >= 11 is 10.1. The first-order chi connectivity index (χ1) is 10.5. The van der Waals surface area contributed by atoms with E-state index in [2.05, 4.69) is 15.9 Å². The number of nitrogens with zero attached hydrogens (tertiary/aromatic N) is 1. The Kier molecular flexibility index (Phi) is 4.47. The van der Waals surface area contributed by atoms with Gasteiger partial charge in [0.1, 0.15) is 0 Å². The highest BCUT2D eigenvalue weighted by Crippen LogP contribution is 2.36. The quantitative estimate of drug-likeness (QED) is 0.522. The van der Waals surface area contributed by atoms with E-state index >= 15 is 0 Å². The van der Waals surface area contributed by atoms with Gasteiger partial charge in [-0.05, 0) is 42.8 Å². The Morgan fingerprint density at radius 1 is 1.09 bits per heavy atom. The van der Waals surface area contributed by atoms with Crippen molar-refractivity contribution in [1.29, 1.82) is 0 Å². The molecule has 5 heteroatoms. The van der Waals surface area contributed by atoms with Crippen molar-refractivity contribution >= 4 is 61.9 Å². The van der Waals surface area contributed by atoms with Gasteiger partial charge in [0.05, 0.1) is 10.6 Å². The Morgan fingerprint density at radius 3 is 2.36 bits per heavy atom. The highest BCUT2D eigenvalue weighted by atomic mass is 79.9. The van der Waals surface area contributed by atoms with Crippen LogP contribution in [0.3, 0.4) is 0 Å². The van der Waals surface area contributed by atoms with Crippen LogP contribution in [-0.2, 0) is 4.79 Å². The van der Waals surface area contributed by atoms with Gasteiger partial charge < -0.3 is 0 Å². The second-order valence-electron chi connectivity index (χ2n) is 4.90. The molecule has 2 aromatic carbocycles. The summed E-state index contributed by atoms with van der Waals surface area (Å²) in [5.41, 5.74) is 2.99. The van der Waals surface area contributed by atoms with Crippen LogP contribution in [0.4, 0.5) is 5.69 Å². The van der Waals surface area contributed by atoms with Gasteiger partial charge in [-0.1, -0.05) is 69.7 Å². The standard InChI is InChI=1S/C17H12BrNOS2/c1-11-2-4-12(5-3-11)10-15-16(20)19(17(21)22-15)14-8-6-13(18)7-9-14/h2-10H,1H3. The molecular weight excluding hydrogens is 378 g/mol. The van der Waals surface area contributed by atoms with E-state index in [0.717, 1.165) is 15.7 Å². The number of thiocarbonyl (C=S) groups is 1. The molecule has 0 aliphatic carbocycles. The number of benzene rings is 2. The van der Waals surface area contributed by atoms with Crippen LogP contribution in [0.1, 0.15) is 11.1 Å². The number of carbonyl (C=O) groups is 1. The molecule has 1 saturated heterocycles. The molecule has 1 aliphatic heterocycles. The molecule has 3 rings (SSSR count). The normalized spacial score (nSPS) is 16.6. The molecule has 1 aliphatic rings. The lowest BCUT2D eigenvalue weighted by atomic mass is 10.1. The minimum atomic E-state index is -0.0714. The molecule has 1 fully saturated rings. The molecule has 0 bridgehead atoms. The maximum atomic E-state index is 12.6. The zero-order valence-electron chi connectivity index (χ0n) is 11.7. The minimum Gasteiger partial charge on any atom is -0.268 e. The minimum absolute atomic E-state index is 0.0714. The third-order valence-corrected chi connectivity index (χ3v) is 5.08. The lowest BCUT2D eigenvalue weighted by molar-refractivity contribution is -0.113. The topological polar surface area (TPSA) is 20.3 Å². The van der Waals surface area contributed by atoms with Crippen LogP contribution in [0.5, 0.6) is 0 Å². The zero-order valence-corrected chi connectivity index (χ0v) is 15.0. The van der Waals surface area contributed by atoms with Crippen LogP contribution >= 0.6 is 39.9 Å². The summed E-state index contributed by atoms with van der Waals surface area (Å²) in [6, 6.07) is 15.6. The third kappa shape index (κ3) is 3.16. The summed E-state index contributed by atoms with van der Waals surface area (Å²) in [7, 11) is 0. The molecule has 0 atom stereocenters. The fraction of sp³-hybridized carbons (Fsp3) is 0.0588. The van der Waals surface area contributed by atoms with E-state index in [1.54, 1.807) is 4.90 Å². The first-order valence-electron chi connectivity index (χ1n) is 6.65. The van der Waals surface area contributed by atoms with E-state index in [4.69, 9.17) is 12.2 Å². The van der Waals surface area contributed by atoms with Crippen LogP contribution in [0, 0.1) is 6.92 Å². The Morgan fingerprint density at radius 2 is 1.73 bits per heavy atom. The van der Waals surface area contributed by atoms with Gasteiger partial charge >= 0.3 is 0 Å². The van der Waals surface area contributed by atoms with E-state index in [1.165, 1.54) is 17.3 Å². The molecule has 2 aromatic rings. The van der Waals surface area contributed by atoms with Gasteiger partial charge in [0.2, 0.25) is 0 Å². The Bertz CT molecular complexity index is 766. The van der Waals surface area contributed by atoms with Crippen molar-refractivity contribution in [2.45, 2.75) is 6.92 Å². The predicted octanol–water partition coefficient (Wildman–Crippen LogP) is 5.16. The number of thioether (sulfide) groups is 1. The molecule has 110 valence electrons. The number of aryl methyl sites for hydroxylation is 1. The van der Waals surface area contributed by atoms with Crippen LogP contribution in [0.25, 0.3) is 6.08 Å². The smallest absolute Gasteiger partial charge is 0.268 e. The Balaban J connectivity index is 1.91.